The van der Waals surface area contributed by atoms with Crippen LogP contribution in [-0.2, 0) is 9.53 Å². The van der Waals surface area contributed by atoms with Crippen LogP contribution in [0.3, 0.4) is 0 Å². The van der Waals surface area contributed by atoms with Gasteiger partial charge in [-0.2, -0.15) is 0 Å². The summed E-state index contributed by atoms with van der Waals surface area (Å²) in [5.41, 5.74) is 0.876. The number of ether oxygens (including phenoxy) is 1. The molecule has 0 unspecified atom stereocenters. The van der Waals surface area contributed by atoms with Crippen molar-refractivity contribution in [1.29, 1.82) is 0 Å². The van der Waals surface area contributed by atoms with E-state index in [1.807, 2.05) is 37.3 Å². The molecule has 0 bridgehead atoms. The van der Waals surface area contributed by atoms with Gasteiger partial charge in [-0.15, -0.1) is 0 Å². The molecule has 0 atom stereocenters. The summed E-state index contributed by atoms with van der Waals surface area (Å²) in [5.74, 6) is -0.00250. The number of nitrogens with zero attached hydrogens (tertiary/aromatic N) is 1. The van der Waals surface area contributed by atoms with E-state index in [0.29, 0.717) is 13.3 Å². The predicted octanol–water partition coefficient (Wildman–Crippen LogP) is 2.42. The highest BCUT2D eigenvalue weighted by Crippen LogP contribution is 2.13. The normalized spacial score (nSPS) is 10.0. The van der Waals surface area contributed by atoms with Gasteiger partial charge in [-0.1, -0.05) is 25.1 Å². The molecule has 0 aliphatic carbocycles. The maximum absolute atomic E-state index is 11.4. The minimum Gasteiger partial charge on any atom is -0.361 e. The fraction of sp³-hybridized carbons (Fsp3) is 0.417. The monoisotopic (exact) mass is 207 g/mol. The number of hydrogen-bond acceptors (Lipinski definition) is 2. The maximum atomic E-state index is 11.4. The third-order valence-electron chi connectivity index (χ3n) is 2.02. The zero-order chi connectivity index (χ0) is 11.1. The zero-order valence-electron chi connectivity index (χ0n) is 9.27. The molecular weight excluding hydrogens is 190 g/mol. The van der Waals surface area contributed by atoms with Crippen molar-refractivity contribution in [3.8, 4) is 0 Å². The second-order valence-corrected chi connectivity index (χ2v) is 3.32. The summed E-state index contributed by atoms with van der Waals surface area (Å²) in [4.78, 5) is 13.0. The summed E-state index contributed by atoms with van der Waals surface area (Å²) in [5, 5.41) is 0. The number of carbonyl (C=O) groups is 1. The molecule has 1 aromatic carbocycles. The standard InChI is InChI=1S/C12H17NO2/c1-3-9-15-10-13(11(2)14)12-7-5-4-6-8-12/h4-8H,3,9-10H2,1-2H3. The molecule has 3 nitrogen and oxygen atoms in total. The molecule has 3 heteroatoms. The van der Waals surface area contributed by atoms with Gasteiger partial charge in [0.1, 0.15) is 6.73 Å². The Balaban J connectivity index is 2.62. The van der Waals surface area contributed by atoms with Crippen LogP contribution in [0.2, 0.25) is 0 Å². The second kappa shape index (κ2) is 6.19. The topological polar surface area (TPSA) is 29.5 Å². The van der Waals surface area contributed by atoms with Gasteiger partial charge in [0.15, 0.2) is 0 Å². The Hall–Kier alpha value is -1.35. The smallest absolute Gasteiger partial charge is 0.225 e. The molecule has 15 heavy (non-hydrogen) atoms. The highest BCUT2D eigenvalue weighted by Gasteiger charge is 2.09. The molecule has 1 rings (SSSR count). The number of amides is 1. The Morgan fingerprint density at radius 1 is 1.33 bits per heavy atom. The number of rotatable bonds is 5. The van der Waals surface area contributed by atoms with Gasteiger partial charge < -0.3 is 4.74 Å². The molecule has 0 aliphatic heterocycles. The van der Waals surface area contributed by atoms with Crippen molar-refractivity contribution in [1.82, 2.24) is 0 Å². The molecule has 1 amide bonds. The number of anilines is 1. The Morgan fingerprint density at radius 3 is 2.53 bits per heavy atom. The number of hydrogen-bond donors (Lipinski definition) is 0. The minimum atomic E-state index is -0.00250. The van der Waals surface area contributed by atoms with Gasteiger partial charge in [0.05, 0.1) is 0 Å². The van der Waals surface area contributed by atoms with E-state index in [-0.39, 0.29) is 5.91 Å². The van der Waals surface area contributed by atoms with Crippen LogP contribution < -0.4 is 4.90 Å². The minimum absolute atomic E-state index is 0.00250. The van der Waals surface area contributed by atoms with E-state index >= 15 is 0 Å². The molecule has 82 valence electrons. The van der Waals surface area contributed by atoms with E-state index in [1.165, 1.54) is 0 Å². The van der Waals surface area contributed by atoms with E-state index in [2.05, 4.69) is 0 Å². The highest BCUT2D eigenvalue weighted by molar-refractivity contribution is 5.91. The third kappa shape index (κ3) is 3.72. The first-order valence-electron chi connectivity index (χ1n) is 5.16. The zero-order valence-corrected chi connectivity index (χ0v) is 9.27. The SMILES string of the molecule is CCCOCN(C(C)=O)c1ccccc1. The van der Waals surface area contributed by atoms with Crippen LogP contribution in [0.5, 0.6) is 0 Å². The summed E-state index contributed by atoms with van der Waals surface area (Å²) in [6.07, 6.45) is 0.959. The van der Waals surface area contributed by atoms with Crippen LogP contribution in [0.15, 0.2) is 30.3 Å². The molecule has 0 saturated heterocycles. The summed E-state index contributed by atoms with van der Waals surface area (Å²) < 4.78 is 5.37. The van der Waals surface area contributed by atoms with Crippen LogP contribution in [-0.4, -0.2) is 19.2 Å². The van der Waals surface area contributed by atoms with E-state index in [9.17, 15) is 4.79 Å². The molecule has 0 spiro atoms. The average Bonchev–Trinajstić information content (AvgIpc) is 2.25. The summed E-state index contributed by atoms with van der Waals surface area (Å²) in [6, 6.07) is 9.54. The largest absolute Gasteiger partial charge is 0.361 e. The molecule has 1 aromatic rings. The Morgan fingerprint density at radius 2 is 2.00 bits per heavy atom. The quantitative estimate of drug-likeness (QED) is 0.548. The van der Waals surface area contributed by atoms with Crippen LogP contribution >= 0.6 is 0 Å². The lowest BCUT2D eigenvalue weighted by Crippen LogP contribution is -2.31. The molecular formula is C12H17NO2. The van der Waals surface area contributed by atoms with Gasteiger partial charge >= 0.3 is 0 Å². The fourth-order valence-electron chi connectivity index (χ4n) is 1.26. The number of para-hydroxylation sites is 1. The van der Waals surface area contributed by atoms with Crippen molar-refractivity contribution in [3.63, 3.8) is 0 Å². The molecule has 0 N–H and O–H groups in total. The van der Waals surface area contributed by atoms with Crippen molar-refractivity contribution < 1.29 is 9.53 Å². The molecule has 0 saturated carbocycles. The van der Waals surface area contributed by atoms with E-state index in [1.54, 1.807) is 11.8 Å². The first kappa shape index (κ1) is 11.7. The fourth-order valence-corrected chi connectivity index (χ4v) is 1.26. The third-order valence-corrected chi connectivity index (χ3v) is 2.02. The first-order chi connectivity index (χ1) is 7.25. The lowest BCUT2D eigenvalue weighted by Gasteiger charge is -2.20. The van der Waals surface area contributed by atoms with Crippen LogP contribution in [0.4, 0.5) is 5.69 Å². The van der Waals surface area contributed by atoms with Crippen molar-refractivity contribution in [2.24, 2.45) is 0 Å². The molecule has 0 aromatic heterocycles. The summed E-state index contributed by atoms with van der Waals surface area (Å²) in [7, 11) is 0. The van der Waals surface area contributed by atoms with Crippen LogP contribution in [0.25, 0.3) is 0 Å². The number of benzene rings is 1. The Labute approximate surface area is 90.7 Å². The van der Waals surface area contributed by atoms with E-state index in [4.69, 9.17) is 4.74 Å². The lowest BCUT2D eigenvalue weighted by molar-refractivity contribution is -0.117. The van der Waals surface area contributed by atoms with Crippen molar-refractivity contribution >= 4 is 11.6 Å². The van der Waals surface area contributed by atoms with Crippen molar-refractivity contribution in [2.75, 3.05) is 18.2 Å². The maximum Gasteiger partial charge on any atom is 0.225 e. The summed E-state index contributed by atoms with van der Waals surface area (Å²) in [6.45, 7) is 4.59. The molecule has 0 fully saturated rings. The van der Waals surface area contributed by atoms with E-state index in [0.717, 1.165) is 12.1 Å². The van der Waals surface area contributed by atoms with Gasteiger partial charge in [-0.25, -0.2) is 0 Å². The van der Waals surface area contributed by atoms with Crippen LogP contribution in [0, 0.1) is 0 Å². The molecule has 0 heterocycles. The van der Waals surface area contributed by atoms with Gasteiger partial charge in [-0.05, 0) is 18.6 Å². The van der Waals surface area contributed by atoms with Gasteiger partial charge in [0, 0.05) is 19.2 Å². The van der Waals surface area contributed by atoms with Crippen LogP contribution in [0.1, 0.15) is 20.3 Å². The lowest BCUT2D eigenvalue weighted by atomic mass is 10.3. The second-order valence-electron chi connectivity index (χ2n) is 3.32. The predicted molar refractivity (Wildman–Crippen MR) is 60.7 cm³/mol. The molecule has 0 radical (unpaired) electrons. The number of carbonyl (C=O) groups excluding carboxylic acids is 1. The Bertz CT molecular complexity index is 298. The van der Waals surface area contributed by atoms with E-state index < -0.39 is 0 Å². The van der Waals surface area contributed by atoms with Crippen molar-refractivity contribution in [2.45, 2.75) is 20.3 Å². The Kier molecular flexibility index (Phi) is 4.84. The highest BCUT2D eigenvalue weighted by atomic mass is 16.5. The first-order valence-corrected chi connectivity index (χ1v) is 5.16. The van der Waals surface area contributed by atoms with Crippen molar-refractivity contribution in [3.05, 3.63) is 30.3 Å². The molecule has 0 aliphatic rings. The average molecular weight is 207 g/mol. The van der Waals surface area contributed by atoms with Gasteiger partial charge in [-0.3, -0.25) is 9.69 Å². The van der Waals surface area contributed by atoms with Gasteiger partial charge in [0.2, 0.25) is 5.91 Å². The summed E-state index contributed by atoms with van der Waals surface area (Å²) >= 11 is 0. The van der Waals surface area contributed by atoms with Gasteiger partial charge in [0.25, 0.3) is 0 Å².